The molecule has 1 aromatic heterocycles. The number of carbonyl (C=O) groups is 2. The summed E-state index contributed by atoms with van der Waals surface area (Å²) in [6, 6.07) is 11.3. The molecule has 36 heavy (non-hydrogen) atoms. The number of hydrogen-bond acceptors (Lipinski definition) is 8. The monoisotopic (exact) mass is 528 g/mol. The van der Waals surface area contributed by atoms with E-state index in [0.717, 1.165) is 5.56 Å². The highest BCUT2D eigenvalue weighted by Crippen LogP contribution is 2.37. The van der Waals surface area contributed by atoms with Crippen LogP contribution < -0.4 is 15.0 Å². The van der Waals surface area contributed by atoms with Crippen molar-refractivity contribution in [2.75, 3.05) is 43.6 Å². The van der Waals surface area contributed by atoms with Gasteiger partial charge in [-0.25, -0.2) is 13.4 Å². The van der Waals surface area contributed by atoms with Gasteiger partial charge in [-0.2, -0.15) is 4.31 Å². The molecule has 0 spiro atoms. The average Bonchev–Trinajstić information content (AvgIpc) is 3.36. The van der Waals surface area contributed by atoms with Gasteiger partial charge in [0.25, 0.3) is 11.8 Å². The van der Waals surface area contributed by atoms with Gasteiger partial charge in [0.15, 0.2) is 11.2 Å². The Bertz CT molecular complexity index is 1410. The van der Waals surface area contributed by atoms with Crippen LogP contribution in [-0.2, 0) is 19.6 Å². The first kappa shape index (κ1) is 24.4. The smallest absolute Gasteiger partial charge is 0.267 e. The minimum atomic E-state index is -3.63. The number of aromatic nitrogens is 1. The van der Waals surface area contributed by atoms with Gasteiger partial charge >= 0.3 is 0 Å². The number of thiazole rings is 1. The van der Waals surface area contributed by atoms with E-state index in [2.05, 4.69) is 10.3 Å². The van der Waals surface area contributed by atoms with Crippen molar-refractivity contribution in [1.82, 2.24) is 9.29 Å². The van der Waals surface area contributed by atoms with Crippen molar-refractivity contribution in [2.45, 2.75) is 17.9 Å². The zero-order valence-corrected chi connectivity index (χ0v) is 21.3. The predicted molar refractivity (Wildman–Crippen MR) is 135 cm³/mol. The highest BCUT2D eigenvalue weighted by molar-refractivity contribution is 7.89. The minimum Gasteiger partial charge on any atom is -0.479 e. The maximum absolute atomic E-state index is 12.8. The Balaban J connectivity index is 1.29. The number of nitrogens with one attached hydrogen (secondary N) is 1. The molecule has 0 aliphatic carbocycles. The first-order valence-corrected chi connectivity index (χ1v) is 13.6. The molecule has 1 fully saturated rings. The van der Waals surface area contributed by atoms with E-state index < -0.39 is 22.0 Å². The first-order chi connectivity index (χ1) is 17.2. The maximum atomic E-state index is 12.8. The van der Waals surface area contributed by atoms with E-state index in [0.29, 0.717) is 54.1 Å². The van der Waals surface area contributed by atoms with Crippen LogP contribution in [0, 0.1) is 0 Å². The third kappa shape index (κ3) is 4.60. The second-order valence-corrected chi connectivity index (χ2v) is 11.2. The lowest BCUT2D eigenvalue weighted by Gasteiger charge is -2.30. The number of hydrogen-bond donors (Lipinski definition) is 1. The van der Waals surface area contributed by atoms with Crippen molar-refractivity contribution in [3.05, 3.63) is 53.4 Å². The number of likely N-dealkylation sites (N-methyl/N-ethyl adjacent to an activating group) is 1. The number of morpholine rings is 1. The highest BCUT2D eigenvalue weighted by atomic mass is 32.2. The van der Waals surface area contributed by atoms with E-state index in [-0.39, 0.29) is 10.8 Å². The van der Waals surface area contributed by atoms with Gasteiger partial charge in [-0.15, -0.1) is 11.3 Å². The van der Waals surface area contributed by atoms with Crippen LogP contribution in [0.5, 0.6) is 5.75 Å². The molecule has 2 amide bonds. The van der Waals surface area contributed by atoms with Crippen LogP contribution in [0.25, 0.3) is 11.3 Å². The lowest BCUT2D eigenvalue weighted by Crippen LogP contribution is -2.41. The molecule has 0 saturated carbocycles. The van der Waals surface area contributed by atoms with Gasteiger partial charge in [-0.05, 0) is 49.4 Å². The summed E-state index contributed by atoms with van der Waals surface area (Å²) in [6.07, 6.45) is -0.539. The van der Waals surface area contributed by atoms with Gasteiger partial charge in [0, 0.05) is 36.6 Å². The minimum absolute atomic E-state index is 0.130. The van der Waals surface area contributed by atoms with Crippen LogP contribution in [0.15, 0.2) is 52.7 Å². The molecule has 12 heteroatoms. The van der Waals surface area contributed by atoms with Gasteiger partial charge in [-0.1, -0.05) is 0 Å². The van der Waals surface area contributed by atoms with Crippen molar-refractivity contribution in [3.63, 3.8) is 0 Å². The van der Waals surface area contributed by atoms with E-state index >= 15 is 0 Å². The van der Waals surface area contributed by atoms with Crippen LogP contribution in [0.1, 0.15) is 17.3 Å². The molecule has 3 heterocycles. The number of nitrogens with zero attached hydrogens (tertiary/aromatic N) is 3. The number of rotatable bonds is 5. The van der Waals surface area contributed by atoms with Crippen molar-refractivity contribution in [1.29, 1.82) is 0 Å². The van der Waals surface area contributed by atoms with Crippen molar-refractivity contribution in [2.24, 2.45) is 0 Å². The van der Waals surface area contributed by atoms with Crippen LogP contribution in [0.3, 0.4) is 0 Å². The Morgan fingerprint density at radius 3 is 2.58 bits per heavy atom. The van der Waals surface area contributed by atoms with E-state index in [1.165, 1.54) is 39.9 Å². The summed E-state index contributed by atoms with van der Waals surface area (Å²) in [6.45, 7) is 3.05. The number of anilines is 2. The Hall–Kier alpha value is -3.32. The molecule has 0 bridgehead atoms. The molecule has 2 aliphatic rings. The summed E-state index contributed by atoms with van der Waals surface area (Å²) in [4.78, 5) is 31.2. The lowest BCUT2D eigenvalue weighted by molar-refractivity contribution is -0.125. The fraction of sp³-hybridized carbons (Fsp3) is 0.292. The standard InChI is InChI=1S/C24H24N4O6S2/c1-15-23(30)27(2)20-13-17(5-8-21(20)34-15)19-14-35-24(25-19)26-22(29)16-3-6-18(7-4-16)36(31,32)28-9-11-33-12-10-28/h3-8,13-15H,9-12H2,1-2H3,(H,25,26,29). The Kier molecular flexibility index (Phi) is 6.51. The van der Waals surface area contributed by atoms with E-state index in [1.54, 1.807) is 24.9 Å². The van der Waals surface area contributed by atoms with Crippen molar-refractivity contribution >= 4 is 44.0 Å². The molecule has 1 N–H and O–H groups in total. The second kappa shape index (κ2) is 9.62. The molecule has 188 valence electrons. The molecule has 5 rings (SSSR count). The van der Waals surface area contributed by atoms with Crippen molar-refractivity contribution in [3.8, 4) is 17.0 Å². The Morgan fingerprint density at radius 1 is 1.14 bits per heavy atom. The number of benzene rings is 2. The number of carbonyl (C=O) groups excluding carboxylic acids is 2. The molecule has 0 radical (unpaired) electrons. The van der Waals surface area contributed by atoms with E-state index in [1.807, 2.05) is 17.5 Å². The topological polar surface area (TPSA) is 118 Å². The average molecular weight is 529 g/mol. The highest BCUT2D eigenvalue weighted by Gasteiger charge is 2.29. The van der Waals surface area contributed by atoms with E-state index in [4.69, 9.17) is 9.47 Å². The molecule has 1 saturated heterocycles. The Morgan fingerprint density at radius 2 is 1.86 bits per heavy atom. The fourth-order valence-corrected chi connectivity index (χ4v) is 6.14. The third-order valence-electron chi connectivity index (χ3n) is 6.05. The molecule has 10 nitrogen and oxygen atoms in total. The van der Waals surface area contributed by atoms with Crippen molar-refractivity contribution < 1.29 is 27.5 Å². The molecule has 3 aromatic rings. The molecular formula is C24H24N4O6S2. The molecule has 2 aliphatic heterocycles. The second-order valence-electron chi connectivity index (χ2n) is 8.37. The summed E-state index contributed by atoms with van der Waals surface area (Å²) < 4.78 is 37.8. The molecule has 1 unspecified atom stereocenters. The number of fused-ring (bicyclic) bond motifs is 1. The quantitative estimate of drug-likeness (QED) is 0.541. The van der Waals surface area contributed by atoms with Gasteiger partial charge < -0.3 is 14.4 Å². The van der Waals surface area contributed by atoms with Crippen LogP contribution in [-0.4, -0.2) is 69.0 Å². The number of sulfonamides is 1. The molecular weight excluding hydrogens is 504 g/mol. The fourth-order valence-electron chi connectivity index (χ4n) is 4.02. The summed E-state index contributed by atoms with van der Waals surface area (Å²) >= 11 is 1.26. The van der Waals surface area contributed by atoms with Gasteiger partial charge in [-0.3, -0.25) is 14.9 Å². The zero-order valence-electron chi connectivity index (χ0n) is 19.6. The SMILES string of the molecule is CC1Oc2ccc(-c3csc(NC(=O)c4ccc(S(=O)(=O)N5CCOCC5)cc4)n3)cc2N(C)C1=O. The zero-order chi connectivity index (χ0) is 25.4. The predicted octanol–water partition coefficient (Wildman–Crippen LogP) is 2.83. The summed E-state index contributed by atoms with van der Waals surface area (Å²) in [5.74, 6) is 0.0928. The van der Waals surface area contributed by atoms with Crippen LogP contribution in [0.4, 0.5) is 10.8 Å². The van der Waals surface area contributed by atoms with Gasteiger partial charge in [0.1, 0.15) is 5.75 Å². The van der Waals surface area contributed by atoms with Gasteiger partial charge in [0.05, 0.1) is 29.5 Å². The summed E-state index contributed by atoms with van der Waals surface area (Å²) in [5, 5.41) is 4.96. The van der Waals surface area contributed by atoms with E-state index in [9.17, 15) is 18.0 Å². The van der Waals surface area contributed by atoms with Crippen LogP contribution in [0.2, 0.25) is 0 Å². The molecule has 1 atom stereocenters. The maximum Gasteiger partial charge on any atom is 0.267 e. The lowest BCUT2D eigenvalue weighted by atomic mass is 10.1. The largest absolute Gasteiger partial charge is 0.479 e. The normalized spacial score (nSPS) is 18.4. The summed E-state index contributed by atoms with van der Waals surface area (Å²) in [7, 11) is -1.93. The molecule has 2 aromatic carbocycles. The summed E-state index contributed by atoms with van der Waals surface area (Å²) in [5.41, 5.74) is 2.39. The number of amides is 2. The number of ether oxygens (including phenoxy) is 2. The third-order valence-corrected chi connectivity index (χ3v) is 8.72. The van der Waals surface area contributed by atoms with Crippen LogP contribution >= 0.6 is 11.3 Å². The Labute approximate surface area is 212 Å². The van der Waals surface area contributed by atoms with Gasteiger partial charge in [0.2, 0.25) is 10.0 Å². The first-order valence-electron chi connectivity index (χ1n) is 11.3.